The van der Waals surface area contributed by atoms with Gasteiger partial charge in [0.2, 0.25) is 0 Å². The molecule has 0 saturated heterocycles. The van der Waals surface area contributed by atoms with Crippen LogP contribution in [-0.2, 0) is 9.59 Å². The Balaban J connectivity index is 0.954. The van der Waals surface area contributed by atoms with Crippen molar-refractivity contribution in [2.45, 2.75) is 64.2 Å². The van der Waals surface area contributed by atoms with Crippen LogP contribution in [0.3, 0.4) is 0 Å². The fraction of sp³-hybridized carbons (Fsp3) is 0.318. The van der Waals surface area contributed by atoms with Crippen LogP contribution in [0.4, 0.5) is 0 Å². The lowest BCUT2D eigenvalue weighted by molar-refractivity contribution is -0.135. The van der Waals surface area contributed by atoms with Crippen LogP contribution in [0.15, 0.2) is 60.7 Å². The molecule has 6 rings (SSSR count). The van der Waals surface area contributed by atoms with Gasteiger partial charge in [-0.05, 0) is 73.5 Å². The molecule has 294 valence electrons. The lowest BCUT2D eigenvalue weighted by Gasteiger charge is -2.16. The zero-order valence-electron chi connectivity index (χ0n) is 31.9. The number of methoxy groups -OCH3 is 4. The van der Waals surface area contributed by atoms with E-state index in [0.29, 0.717) is 56.7 Å². The molecule has 0 fully saturated rings. The first kappa shape index (κ1) is 39.4. The van der Waals surface area contributed by atoms with Crippen molar-refractivity contribution in [2.75, 3.05) is 28.4 Å². The van der Waals surface area contributed by atoms with Crippen molar-refractivity contribution in [1.29, 1.82) is 0 Å². The Bertz CT molecular complexity index is 2250. The SMILES string of the molecule is COc1ccc2c(O)c3c(OC(=O)CCCCCCCCCCC(=O)Oc4c(OC)ccc5c(O)c6cc(OC)ccc6c(O)c45)c(OC)ccc3c(O)c2c1. The van der Waals surface area contributed by atoms with E-state index in [1.165, 1.54) is 28.4 Å². The van der Waals surface area contributed by atoms with Crippen molar-refractivity contribution in [3.63, 3.8) is 0 Å². The van der Waals surface area contributed by atoms with E-state index in [4.69, 9.17) is 28.4 Å². The highest BCUT2D eigenvalue weighted by molar-refractivity contribution is 6.15. The smallest absolute Gasteiger partial charge is 0.311 e. The van der Waals surface area contributed by atoms with E-state index in [-0.39, 0.29) is 69.6 Å². The van der Waals surface area contributed by atoms with Crippen LogP contribution in [0.5, 0.6) is 57.5 Å². The molecule has 12 heteroatoms. The van der Waals surface area contributed by atoms with E-state index < -0.39 is 11.9 Å². The average molecular weight is 767 g/mol. The summed E-state index contributed by atoms with van der Waals surface area (Å²) in [5.74, 6) is 0.263. The maximum absolute atomic E-state index is 12.9. The average Bonchev–Trinajstić information content (AvgIpc) is 3.21. The van der Waals surface area contributed by atoms with Crippen molar-refractivity contribution in [3.05, 3.63) is 60.7 Å². The van der Waals surface area contributed by atoms with E-state index in [2.05, 4.69) is 0 Å². The predicted octanol–water partition coefficient (Wildman–Crippen LogP) is 9.57. The van der Waals surface area contributed by atoms with Gasteiger partial charge >= 0.3 is 11.9 Å². The Hall–Kier alpha value is -6.30. The van der Waals surface area contributed by atoms with Gasteiger partial charge in [0.1, 0.15) is 34.5 Å². The largest absolute Gasteiger partial charge is 0.507 e. The van der Waals surface area contributed by atoms with E-state index >= 15 is 0 Å². The lowest BCUT2D eigenvalue weighted by Crippen LogP contribution is -2.09. The third-order valence-electron chi connectivity index (χ3n) is 10.1. The summed E-state index contributed by atoms with van der Waals surface area (Å²) in [6.07, 6.45) is 7.01. The van der Waals surface area contributed by atoms with Crippen LogP contribution in [0.1, 0.15) is 64.2 Å². The Morgan fingerprint density at radius 1 is 0.429 bits per heavy atom. The molecule has 0 heterocycles. The highest BCUT2D eigenvalue weighted by Gasteiger charge is 2.24. The fourth-order valence-electron chi connectivity index (χ4n) is 7.11. The second-order valence-corrected chi connectivity index (χ2v) is 13.5. The van der Waals surface area contributed by atoms with E-state index in [0.717, 1.165) is 38.5 Å². The standard InChI is InChI=1S/C44H46O12/c1-51-25-15-17-27-31(23-25)39(47)29-19-21-33(53-3)43(37(29)41(27)49)55-35(45)13-11-9-7-5-6-8-10-12-14-36(46)56-44-34(54-4)22-20-30-38(44)42(50)28-18-16-26(52-2)24-32(28)40(30)48/h15-24,47-50H,5-14H2,1-4H3. The summed E-state index contributed by atoms with van der Waals surface area (Å²) in [7, 11) is 5.91. The first-order valence-corrected chi connectivity index (χ1v) is 18.6. The van der Waals surface area contributed by atoms with Gasteiger partial charge in [0.05, 0.1) is 39.2 Å². The minimum atomic E-state index is -0.474. The maximum atomic E-state index is 12.9. The van der Waals surface area contributed by atoms with Gasteiger partial charge in [-0.3, -0.25) is 9.59 Å². The quantitative estimate of drug-likeness (QED) is 0.0228. The molecule has 0 aliphatic carbocycles. The van der Waals surface area contributed by atoms with Crippen LogP contribution in [-0.4, -0.2) is 60.8 Å². The molecule has 0 aromatic heterocycles. The number of phenolic OH excluding ortho intramolecular Hbond substituents is 4. The van der Waals surface area contributed by atoms with Crippen molar-refractivity contribution in [2.24, 2.45) is 0 Å². The molecule has 6 aromatic carbocycles. The summed E-state index contributed by atoms with van der Waals surface area (Å²) in [6, 6.07) is 16.2. The van der Waals surface area contributed by atoms with E-state index in [1.54, 1.807) is 60.7 Å². The highest BCUT2D eigenvalue weighted by atomic mass is 16.6. The molecule has 0 saturated carbocycles. The van der Waals surface area contributed by atoms with Crippen LogP contribution >= 0.6 is 0 Å². The normalized spacial score (nSPS) is 11.3. The van der Waals surface area contributed by atoms with Crippen molar-refractivity contribution in [3.8, 4) is 57.5 Å². The second kappa shape index (κ2) is 17.4. The number of benzene rings is 6. The minimum absolute atomic E-state index is 0.0492. The molecule has 0 atom stereocenters. The first-order chi connectivity index (χ1) is 27.1. The zero-order chi connectivity index (χ0) is 39.9. The van der Waals surface area contributed by atoms with Gasteiger partial charge in [0.15, 0.2) is 23.0 Å². The molecule has 0 aliphatic rings. The molecule has 0 spiro atoms. The first-order valence-electron chi connectivity index (χ1n) is 18.6. The zero-order valence-corrected chi connectivity index (χ0v) is 31.9. The number of esters is 2. The third-order valence-corrected chi connectivity index (χ3v) is 10.1. The van der Waals surface area contributed by atoms with E-state index in [9.17, 15) is 30.0 Å². The summed E-state index contributed by atoms with van der Waals surface area (Å²) in [6.45, 7) is 0. The predicted molar refractivity (Wildman–Crippen MR) is 213 cm³/mol. The number of unbranched alkanes of at least 4 members (excludes halogenated alkanes) is 7. The van der Waals surface area contributed by atoms with Gasteiger partial charge in [-0.1, -0.05) is 38.5 Å². The molecule has 0 amide bonds. The van der Waals surface area contributed by atoms with Gasteiger partial charge in [0, 0.05) is 45.2 Å². The maximum Gasteiger partial charge on any atom is 0.311 e. The molecule has 56 heavy (non-hydrogen) atoms. The minimum Gasteiger partial charge on any atom is -0.507 e. The molecule has 12 nitrogen and oxygen atoms in total. The topological polar surface area (TPSA) is 170 Å². The van der Waals surface area contributed by atoms with Gasteiger partial charge in [-0.15, -0.1) is 0 Å². The van der Waals surface area contributed by atoms with Crippen LogP contribution in [0.2, 0.25) is 0 Å². The number of aromatic hydroxyl groups is 4. The Kier molecular flexibility index (Phi) is 12.3. The number of hydrogen-bond acceptors (Lipinski definition) is 12. The van der Waals surface area contributed by atoms with Crippen LogP contribution < -0.4 is 28.4 Å². The highest BCUT2D eigenvalue weighted by Crippen LogP contribution is 2.51. The number of rotatable bonds is 17. The summed E-state index contributed by atoms with van der Waals surface area (Å²) >= 11 is 0. The molecular weight excluding hydrogens is 720 g/mol. The second-order valence-electron chi connectivity index (χ2n) is 13.5. The van der Waals surface area contributed by atoms with Crippen molar-refractivity contribution >= 4 is 55.0 Å². The van der Waals surface area contributed by atoms with Gasteiger partial charge < -0.3 is 48.8 Å². The molecule has 6 aromatic rings. The lowest BCUT2D eigenvalue weighted by atomic mass is 9.99. The monoisotopic (exact) mass is 766 g/mol. The van der Waals surface area contributed by atoms with Gasteiger partial charge in [-0.25, -0.2) is 0 Å². The number of fused-ring (bicyclic) bond motifs is 4. The molecule has 0 aliphatic heterocycles. The summed E-state index contributed by atoms with van der Waals surface area (Å²) in [5.41, 5.74) is 0. The van der Waals surface area contributed by atoms with Crippen LogP contribution in [0, 0.1) is 0 Å². The number of carbonyl (C=O) groups excluding carboxylic acids is 2. The van der Waals surface area contributed by atoms with Gasteiger partial charge in [-0.2, -0.15) is 0 Å². The number of phenols is 4. The Morgan fingerprint density at radius 3 is 1.14 bits per heavy atom. The van der Waals surface area contributed by atoms with E-state index in [1.807, 2.05) is 0 Å². The van der Waals surface area contributed by atoms with Crippen molar-refractivity contribution < 1.29 is 58.4 Å². The number of ether oxygens (including phenoxy) is 6. The molecule has 0 bridgehead atoms. The summed E-state index contributed by atoms with van der Waals surface area (Å²) in [4.78, 5) is 25.9. The Labute approximate surface area is 323 Å². The number of hydrogen-bond donors (Lipinski definition) is 4. The molecular formula is C44H46O12. The Morgan fingerprint density at radius 2 is 0.786 bits per heavy atom. The summed E-state index contributed by atoms with van der Waals surface area (Å²) in [5, 5.41) is 47.1. The van der Waals surface area contributed by atoms with Crippen molar-refractivity contribution in [1.82, 2.24) is 0 Å². The fourth-order valence-corrected chi connectivity index (χ4v) is 7.11. The van der Waals surface area contributed by atoms with Crippen LogP contribution in [0.25, 0.3) is 43.1 Å². The molecule has 0 unspecified atom stereocenters. The number of carbonyl (C=O) groups is 2. The summed E-state index contributed by atoms with van der Waals surface area (Å²) < 4.78 is 32.9. The van der Waals surface area contributed by atoms with Gasteiger partial charge in [0.25, 0.3) is 0 Å². The third kappa shape index (κ3) is 7.91. The molecule has 4 N–H and O–H groups in total. The molecule has 0 radical (unpaired) electrons.